The minimum Gasteiger partial charge on any atom is -0.465 e. The van der Waals surface area contributed by atoms with Gasteiger partial charge < -0.3 is 14.7 Å². The number of carbonyl (C=O) groups excluding carboxylic acids is 1. The number of rotatable bonds is 5. The second-order valence-electron chi connectivity index (χ2n) is 6.29. The van der Waals surface area contributed by atoms with E-state index in [1.807, 2.05) is 13.0 Å². The summed E-state index contributed by atoms with van der Waals surface area (Å²) in [6.07, 6.45) is 4.67. The molecular weight excluding hydrogens is 254 g/mol. The van der Waals surface area contributed by atoms with Crippen LogP contribution in [0, 0.1) is 10.8 Å². The molecule has 2 rings (SSSR count). The van der Waals surface area contributed by atoms with E-state index in [1.165, 1.54) is 0 Å². The molecule has 4 nitrogen and oxygen atoms in total. The van der Waals surface area contributed by atoms with E-state index in [2.05, 4.69) is 18.4 Å². The Morgan fingerprint density at radius 1 is 1.45 bits per heavy atom. The molecule has 1 aliphatic heterocycles. The van der Waals surface area contributed by atoms with E-state index in [9.17, 15) is 9.90 Å². The molecule has 1 unspecified atom stereocenters. The molecule has 1 saturated carbocycles. The van der Waals surface area contributed by atoms with Gasteiger partial charge in [0.15, 0.2) is 0 Å². The van der Waals surface area contributed by atoms with Gasteiger partial charge in [0.2, 0.25) is 0 Å². The number of nitrogens with zero attached hydrogens (tertiary/aromatic N) is 1. The summed E-state index contributed by atoms with van der Waals surface area (Å²) in [5, 5.41) is 11.0. The molecule has 0 aromatic carbocycles. The Morgan fingerprint density at radius 3 is 2.80 bits per heavy atom. The predicted octanol–water partition coefficient (Wildman–Crippen LogP) is 1.98. The van der Waals surface area contributed by atoms with E-state index in [1.54, 1.807) is 0 Å². The summed E-state index contributed by atoms with van der Waals surface area (Å²) in [4.78, 5) is 14.8. The van der Waals surface area contributed by atoms with E-state index < -0.39 is 11.5 Å². The average molecular weight is 281 g/mol. The number of allylic oxidation sites excluding steroid dienone is 1. The Hall–Kier alpha value is -0.870. The van der Waals surface area contributed by atoms with Gasteiger partial charge in [-0.1, -0.05) is 19.4 Å². The van der Waals surface area contributed by atoms with Crippen molar-refractivity contribution in [3.8, 4) is 0 Å². The summed E-state index contributed by atoms with van der Waals surface area (Å²) in [5.74, 6) is -0.223. The van der Waals surface area contributed by atoms with Gasteiger partial charge in [-0.3, -0.25) is 4.79 Å². The lowest BCUT2D eigenvalue weighted by Gasteiger charge is -2.57. The number of esters is 1. The van der Waals surface area contributed by atoms with Gasteiger partial charge in [-0.05, 0) is 32.7 Å². The molecular formula is C16H27NO3. The van der Waals surface area contributed by atoms with Crippen LogP contribution >= 0.6 is 0 Å². The summed E-state index contributed by atoms with van der Waals surface area (Å²) in [7, 11) is 0. The van der Waals surface area contributed by atoms with Gasteiger partial charge in [-0.2, -0.15) is 0 Å². The van der Waals surface area contributed by atoms with Crippen molar-refractivity contribution in [3.63, 3.8) is 0 Å². The van der Waals surface area contributed by atoms with Gasteiger partial charge in [0.25, 0.3) is 0 Å². The zero-order valence-electron chi connectivity index (χ0n) is 12.7. The van der Waals surface area contributed by atoms with Crippen LogP contribution in [-0.2, 0) is 9.53 Å². The highest BCUT2D eigenvalue weighted by Crippen LogP contribution is 2.53. The van der Waals surface area contributed by atoms with Crippen LogP contribution in [-0.4, -0.2) is 48.3 Å². The number of fused-ring (bicyclic) bond motifs is 2. The first-order valence-corrected chi connectivity index (χ1v) is 7.73. The first-order chi connectivity index (χ1) is 9.54. The summed E-state index contributed by atoms with van der Waals surface area (Å²) in [6.45, 7) is 10.5. The minimum absolute atomic E-state index is 0.223. The van der Waals surface area contributed by atoms with Crippen molar-refractivity contribution in [3.05, 3.63) is 12.7 Å². The topological polar surface area (TPSA) is 49.8 Å². The fourth-order valence-electron chi connectivity index (χ4n) is 4.19. The number of hydrogen-bond donors (Lipinski definition) is 1. The lowest BCUT2D eigenvalue weighted by molar-refractivity contribution is -0.199. The maximum absolute atomic E-state index is 12.5. The quantitative estimate of drug-likeness (QED) is 0.618. The molecule has 114 valence electrons. The van der Waals surface area contributed by atoms with Crippen LogP contribution in [0.25, 0.3) is 0 Å². The van der Waals surface area contributed by atoms with Gasteiger partial charge in [0, 0.05) is 18.5 Å². The van der Waals surface area contributed by atoms with E-state index in [4.69, 9.17) is 4.74 Å². The maximum atomic E-state index is 12.5. The van der Waals surface area contributed by atoms with Gasteiger partial charge >= 0.3 is 5.97 Å². The summed E-state index contributed by atoms with van der Waals surface area (Å²) < 4.78 is 5.29. The molecule has 0 amide bonds. The zero-order chi connectivity index (χ0) is 14.8. The third kappa shape index (κ3) is 2.29. The minimum atomic E-state index is -0.745. The average Bonchev–Trinajstić information content (AvgIpc) is 2.41. The fourth-order valence-corrected chi connectivity index (χ4v) is 4.19. The Kier molecular flexibility index (Phi) is 4.55. The van der Waals surface area contributed by atoms with E-state index in [0.29, 0.717) is 13.2 Å². The number of ether oxygens (including phenoxy) is 1. The molecule has 0 radical (unpaired) electrons. The van der Waals surface area contributed by atoms with Gasteiger partial charge in [-0.15, -0.1) is 6.58 Å². The van der Waals surface area contributed by atoms with Crippen molar-refractivity contribution in [2.24, 2.45) is 10.8 Å². The van der Waals surface area contributed by atoms with Crippen LogP contribution in [0.4, 0.5) is 0 Å². The van der Waals surface area contributed by atoms with Crippen LogP contribution in [0.5, 0.6) is 0 Å². The van der Waals surface area contributed by atoms with E-state index in [0.717, 1.165) is 38.8 Å². The van der Waals surface area contributed by atoms with Gasteiger partial charge in [0.05, 0.1) is 12.7 Å². The van der Waals surface area contributed by atoms with Gasteiger partial charge in [0.1, 0.15) is 5.41 Å². The SMILES string of the molecule is C=CC[C@@]12CCC[C@@](C(=O)OCC)(CN(CC)C1)C2O. The van der Waals surface area contributed by atoms with E-state index >= 15 is 0 Å². The lowest BCUT2D eigenvalue weighted by atomic mass is 9.55. The number of hydrogen-bond acceptors (Lipinski definition) is 4. The molecule has 1 saturated heterocycles. The third-order valence-corrected chi connectivity index (χ3v) is 5.13. The number of aliphatic hydroxyl groups excluding tert-OH is 1. The molecule has 0 aromatic heterocycles. The van der Waals surface area contributed by atoms with Crippen molar-refractivity contribution >= 4 is 5.97 Å². The summed E-state index contributed by atoms with van der Waals surface area (Å²) >= 11 is 0. The summed E-state index contributed by atoms with van der Waals surface area (Å²) in [5.41, 5.74) is -0.980. The third-order valence-electron chi connectivity index (χ3n) is 5.13. The van der Waals surface area contributed by atoms with Crippen molar-refractivity contribution in [1.82, 2.24) is 4.90 Å². The molecule has 2 fully saturated rings. The molecule has 1 N–H and O–H groups in total. The van der Waals surface area contributed by atoms with Crippen LogP contribution in [0.3, 0.4) is 0 Å². The van der Waals surface area contributed by atoms with Crippen molar-refractivity contribution in [1.29, 1.82) is 0 Å². The Bertz CT molecular complexity index is 384. The largest absolute Gasteiger partial charge is 0.465 e. The molecule has 0 aromatic rings. The second-order valence-corrected chi connectivity index (χ2v) is 6.29. The molecule has 0 spiro atoms. The molecule has 2 bridgehead atoms. The Balaban J connectivity index is 2.38. The molecule has 1 heterocycles. The van der Waals surface area contributed by atoms with Gasteiger partial charge in [-0.25, -0.2) is 0 Å². The maximum Gasteiger partial charge on any atom is 0.316 e. The summed E-state index contributed by atoms with van der Waals surface area (Å²) in [6, 6.07) is 0. The Morgan fingerprint density at radius 2 is 2.20 bits per heavy atom. The lowest BCUT2D eigenvalue weighted by Crippen LogP contribution is -2.67. The standard InChI is InChI=1S/C16H27NO3/c1-4-8-15-9-7-10-16(13(15)18,14(19)20-6-3)12-17(5-2)11-15/h4,13,18H,1,5-12H2,2-3H3/t13?,15-,16-/m1/s1. The fraction of sp³-hybridized carbons (Fsp3) is 0.812. The van der Waals surface area contributed by atoms with Crippen LogP contribution in [0.1, 0.15) is 39.5 Å². The van der Waals surface area contributed by atoms with Crippen molar-refractivity contribution in [2.75, 3.05) is 26.2 Å². The number of likely N-dealkylation sites (tertiary alicyclic amines) is 1. The van der Waals surface area contributed by atoms with Crippen LogP contribution in [0.2, 0.25) is 0 Å². The van der Waals surface area contributed by atoms with Crippen LogP contribution < -0.4 is 0 Å². The molecule has 2 aliphatic rings. The molecule has 20 heavy (non-hydrogen) atoms. The van der Waals surface area contributed by atoms with Crippen molar-refractivity contribution in [2.45, 2.75) is 45.6 Å². The zero-order valence-corrected chi connectivity index (χ0v) is 12.7. The Labute approximate surface area is 121 Å². The van der Waals surface area contributed by atoms with Crippen molar-refractivity contribution < 1.29 is 14.6 Å². The molecule has 1 aliphatic carbocycles. The normalized spacial score (nSPS) is 37.5. The second kappa shape index (κ2) is 5.86. The smallest absolute Gasteiger partial charge is 0.316 e. The van der Waals surface area contributed by atoms with Crippen LogP contribution in [0.15, 0.2) is 12.7 Å². The number of carbonyl (C=O) groups is 1. The number of aliphatic hydroxyl groups is 1. The highest BCUT2D eigenvalue weighted by atomic mass is 16.5. The number of piperidine rings is 1. The molecule has 3 atom stereocenters. The highest BCUT2D eigenvalue weighted by Gasteiger charge is 2.61. The highest BCUT2D eigenvalue weighted by molar-refractivity contribution is 5.78. The van der Waals surface area contributed by atoms with E-state index in [-0.39, 0.29) is 11.4 Å². The first kappa shape index (κ1) is 15.5. The molecule has 4 heteroatoms. The first-order valence-electron chi connectivity index (χ1n) is 7.73. The monoisotopic (exact) mass is 281 g/mol. The predicted molar refractivity (Wildman–Crippen MR) is 78.3 cm³/mol.